The Hall–Kier alpha value is -2.46. The Bertz CT molecular complexity index is 1020. The molecule has 0 unspecified atom stereocenters. The number of ether oxygens (including phenoxy) is 1. The molecular formula is C23H30N4O4S. The lowest BCUT2D eigenvalue weighted by atomic mass is 10.2. The average molecular weight is 459 g/mol. The highest BCUT2D eigenvalue weighted by atomic mass is 32.2. The molecule has 172 valence electrons. The minimum Gasteiger partial charge on any atom is -0.457 e. The van der Waals surface area contributed by atoms with Crippen molar-refractivity contribution in [2.75, 3.05) is 52.4 Å². The zero-order valence-electron chi connectivity index (χ0n) is 18.4. The first-order chi connectivity index (χ1) is 15.5. The predicted molar refractivity (Wildman–Crippen MR) is 123 cm³/mol. The van der Waals surface area contributed by atoms with Crippen molar-refractivity contribution in [3.63, 3.8) is 0 Å². The normalized spacial score (nSPS) is 19.8. The van der Waals surface area contributed by atoms with Crippen LogP contribution in [0.25, 0.3) is 0 Å². The van der Waals surface area contributed by atoms with Gasteiger partial charge in [-0.3, -0.25) is 4.79 Å². The van der Waals surface area contributed by atoms with E-state index in [2.05, 4.69) is 11.8 Å². The Morgan fingerprint density at radius 2 is 1.56 bits per heavy atom. The monoisotopic (exact) mass is 458 g/mol. The summed E-state index contributed by atoms with van der Waals surface area (Å²) in [7, 11) is -3.68. The number of rotatable bonds is 7. The molecule has 0 saturated carbocycles. The number of para-hydroxylation sites is 1. The van der Waals surface area contributed by atoms with Crippen molar-refractivity contribution in [2.45, 2.75) is 13.5 Å². The molecule has 2 fully saturated rings. The van der Waals surface area contributed by atoms with Crippen LogP contribution >= 0.6 is 0 Å². The quantitative estimate of drug-likeness (QED) is 0.635. The van der Waals surface area contributed by atoms with Gasteiger partial charge in [-0.2, -0.15) is 17.0 Å². The van der Waals surface area contributed by atoms with Crippen LogP contribution in [0.5, 0.6) is 11.5 Å². The summed E-state index contributed by atoms with van der Waals surface area (Å²) in [6, 6.07) is 16.9. The van der Waals surface area contributed by atoms with E-state index in [0.717, 1.165) is 30.9 Å². The van der Waals surface area contributed by atoms with Gasteiger partial charge in [-0.1, -0.05) is 37.3 Å². The first-order valence-corrected chi connectivity index (χ1v) is 12.4. The van der Waals surface area contributed by atoms with Crippen molar-refractivity contribution in [3.8, 4) is 11.5 Å². The van der Waals surface area contributed by atoms with Crippen LogP contribution in [0.15, 0.2) is 54.6 Å². The van der Waals surface area contributed by atoms with Gasteiger partial charge < -0.3 is 14.5 Å². The Balaban J connectivity index is 1.36. The predicted octanol–water partition coefficient (Wildman–Crippen LogP) is 2.01. The van der Waals surface area contributed by atoms with Gasteiger partial charge in [0.2, 0.25) is 5.91 Å². The molecule has 0 aliphatic carbocycles. The van der Waals surface area contributed by atoms with Gasteiger partial charge in [0.15, 0.2) is 0 Å². The number of benzene rings is 2. The summed E-state index contributed by atoms with van der Waals surface area (Å²) < 4.78 is 34.6. The zero-order chi connectivity index (χ0) is 22.6. The molecule has 2 aromatic carbocycles. The summed E-state index contributed by atoms with van der Waals surface area (Å²) in [5, 5.41) is 0. The number of carbonyl (C=O) groups excluding carboxylic acids is 1. The number of hydrogen-bond acceptors (Lipinski definition) is 5. The van der Waals surface area contributed by atoms with Gasteiger partial charge in [0, 0.05) is 45.8 Å². The fourth-order valence-corrected chi connectivity index (χ4v) is 5.58. The van der Waals surface area contributed by atoms with Crippen LogP contribution in [0.2, 0.25) is 0 Å². The molecule has 2 aliphatic rings. The molecule has 0 spiro atoms. The van der Waals surface area contributed by atoms with Crippen LogP contribution in [0.4, 0.5) is 0 Å². The first kappa shape index (κ1) is 22.7. The summed E-state index contributed by atoms with van der Waals surface area (Å²) >= 11 is 0. The Morgan fingerprint density at radius 1 is 0.875 bits per heavy atom. The smallest absolute Gasteiger partial charge is 0.282 e. The molecule has 32 heavy (non-hydrogen) atoms. The van der Waals surface area contributed by atoms with E-state index >= 15 is 0 Å². The second-order valence-corrected chi connectivity index (χ2v) is 9.98. The molecule has 1 amide bonds. The van der Waals surface area contributed by atoms with Crippen LogP contribution in [-0.4, -0.2) is 85.1 Å². The van der Waals surface area contributed by atoms with Crippen molar-refractivity contribution in [1.82, 2.24) is 18.4 Å². The molecular weight excluding hydrogens is 428 g/mol. The number of carbonyl (C=O) groups is 1. The van der Waals surface area contributed by atoms with Crippen molar-refractivity contribution >= 4 is 16.1 Å². The maximum atomic E-state index is 13.0. The Kier molecular flexibility index (Phi) is 7.10. The highest BCUT2D eigenvalue weighted by molar-refractivity contribution is 7.87. The third-order valence-electron chi connectivity index (χ3n) is 5.97. The van der Waals surface area contributed by atoms with E-state index in [9.17, 15) is 13.2 Å². The minimum atomic E-state index is -3.68. The molecule has 2 aliphatic heterocycles. The fourth-order valence-electron chi connectivity index (χ4n) is 4.04. The lowest BCUT2D eigenvalue weighted by Gasteiger charge is -2.34. The average Bonchev–Trinajstić information content (AvgIpc) is 3.08. The van der Waals surface area contributed by atoms with Crippen LogP contribution in [0.3, 0.4) is 0 Å². The maximum absolute atomic E-state index is 13.0. The number of likely N-dealkylation sites (N-methyl/N-ethyl adjacent to an activating group) is 1. The van der Waals surface area contributed by atoms with Gasteiger partial charge in [0.25, 0.3) is 10.2 Å². The molecule has 0 radical (unpaired) electrons. The standard InChI is InChI=1S/C23H30N4O4S/c1-2-24-11-13-25(14-12-24)23(28)19-27-16-15-26(32(27,29)30)18-20-7-6-10-22(17-20)31-21-8-4-3-5-9-21/h3-10,17H,2,11-16,18-19H2,1H3. The zero-order valence-corrected chi connectivity index (χ0v) is 19.2. The first-order valence-electron chi connectivity index (χ1n) is 11.0. The van der Waals surface area contributed by atoms with Gasteiger partial charge in [0.1, 0.15) is 11.5 Å². The van der Waals surface area contributed by atoms with Gasteiger partial charge in [0.05, 0.1) is 6.54 Å². The molecule has 0 atom stereocenters. The van der Waals surface area contributed by atoms with E-state index in [1.165, 1.54) is 8.61 Å². The van der Waals surface area contributed by atoms with Crippen molar-refractivity contribution in [1.29, 1.82) is 0 Å². The third-order valence-corrected chi connectivity index (χ3v) is 7.90. The van der Waals surface area contributed by atoms with E-state index < -0.39 is 10.2 Å². The molecule has 9 heteroatoms. The summed E-state index contributed by atoms with van der Waals surface area (Å²) in [5.41, 5.74) is 0.839. The molecule has 4 rings (SSSR count). The minimum absolute atomic E-state index is 0.0951. The third kappa shape index (κ3) is 5.29. The van der Waals surface area contributed by atoms with E-state index in [1.54, 1.807) is 4.90 Å². The van der Waals surface area contributed by atoms with E-state index in [0.29, 0.717) is 31.9 Å². The molecule has 0 bridgehead atoms. The lowest BCUT2D eigenvalue weighted by Crippen LogP contribution is -2.51. The second kappa shape index (κ2) is 9.99. The van der Waals surface area contributed by atoms with Gasteiger partial charge in [-0.15, -0.1) is 0 Å². The molecule has 2 saturated heterocycles. The Morgan fingerprint density at radius 3 is 2.28 bits per heavy atom. The van der Waals surface area contributed by atoms with Crippen LogP contribution in [-0.2, 0) is 21.5 Å². The summed E-state index contributed by atoms with van der Waals surface area (Å²) in [5.74, 6) is 1.26. The number of piperazine rings is 1. The second-order valence-electron chi connectivity index (χ2n) is 8.05. The summed E-state index contributed by atoms with van der Waals surface area (Å²) in [4.78, 5) is 16.7. The van der Waals surface area contributed by atoms with Gasteiger partial charge in [-0.05, 0) is 36.4 Å². The SMILES string of the molecule is CCN1CCN(C(=O)CN2CCN(Cc3cccc(Oc4ccccc4)c3)S2(=O)=O)CC1. The number of hydrogen-bond donors (Lipinski definition) is 0. The van der Waals surface area contributed by atoms with Crippen molar-refractivity contribution in [3.05, 3.63) is 60.2 Å². The van der Waals surface area contributed by atoms with Crippen molar-refractivity contribution < 1.29 is 17.9 Å². The molecule has 0 N–H and O–H groups in total. The largest absolute Gasteiger partial charge is 0.457 e. The number of amides is 1. The summed E-state index contributed by atoms with van der Waals surface area (Å²) in [6.07, 6.45) is 0. The van der Waals surface area contributed by atoms with Gasteiger partial charge in [-0.25, -0.2) is 0 Å². The topological polar surface area (TPSA) is 73.4 Å². The van der Waals surface area contributed by atoms with E-state index in [-0.39, 0.29) is 19.0 Å². The van der Waals surface area contributed by atoms with E-state index in [4.69, 9.17) is 4.74 Å². The number of nitrogens with zero attached hydrogens (tertiary/aromatic N) is 4. The van der Waals surface area contributed by atoms with Crippen LogP contribution < -0.4 is 4.74 Å². The molecule has 0 aromatic heterocycles. The van der Waals surface area contributed by atoms with Crippen LogP contribution in [0.1, 0.15) is 12.5 Å². The summed E-state index contributed by atoms with van der Waals surface area (Å²) in [6.45, 7) is 6.88. The maximum Gasteiger partial charge on any atom is 0.282 e. The highest BCUT2D eigenvalue weighted by Crippen LogP contribution is 2.25. The van der Waals surface area contributed by atoms with Gasteiger partial charge >= 0.3 is 0 Å². The van der Waals surface area contributed by atoms with Crippen molar-refractivity contribution in [2.24, 2.45) is 0 Å². The molecule has 2 heterocycles. The van der Waals surface area contributed by atoms with E-state index in [1.807, 2.05) is 54.6 Å². The Labute approximate surface area is 190 Å². The van der Waals surface area contributed by atoms with Crippen LogP contribution in [0, 0.1) is 0 Å². The fraction of sp³-hybridized carbons (Fsp3) is 0.435. The molecule has 8 nitrogen and oxygen atoms in total. The molecule has 2 aromatic rings. The lowest BCUT2D eigenvalue weighted by molar-refractivity contribution is -0.133. The highest BCUT2D eigenvalue weighted by Gasteiger charge is 2.38.